The maximum absolute atomic E-state index is 13.2. The number of rotatable bonds is 4. The quantitative estimate of drug-likeness (QED) is 0.943. The van der Waals surface area contributed by atoms with Gasteiger partial charge in [0.05, 0.1) is 12.3 Å². The number of carbonyl (C=O) groups excluding carboxylic acids is 2. The standard InChI is InChI=1S/C17H19FN2O2/c1-10(2)17(22)12-8-20(9-12)16(21)5-11-7-19-15-6-13(18)3-4-14(11)15/h3-4,6-7,10,12,19H,5,8-9H2,1-2H3. The van der Waals surface area contributed by atoms with E-state index < -0.39 is 0 Å². The van der Waals surface area contributed by atoms with Gasteiger partial charge in [-0.2, -0.15) is 0 Å². The van der Waals surface area contributed by atoms with Crippen LogP contribution in [-0.2, 0) is 16.0 Å². The highest BCUT2D eigenvalue weighted by molar-refractivity contribution is 5.91. The number of H-pyrrole nitrogens is 1. The summed E-state index contributed by atoms with van der Waals surface area (Å²) in [7, 11) is 0. The van der Waals surface area contributed by atoms with Crippen molar-refractivity contribution in [2.45, 2.75) is 20.3 Å². The summed E-state index contributed by atoms with van der Waals surface area (Å²) < 4.78 is 13.2. The Kier molecular flexibility index (Phi) is 3.72. The van der Waals surface area contributed by atoms with E-state index in [0.717, 1.165) is 10.9 Å². The van der Waals surface area contributed by atoms with Crippen LogP contribution in [0.4, 0.5) is 4.39 Å². The van der Waals surface area contributed by atoms with Gasteiger partial charge in [0.25, 0.3) is 0 Å². The lowest BCUT2D eigenvalue weighted by Crippen LogP contribution is -2.54. The van der Waals surface area contributed by atoms with Crippen LogP contribution in [0.1, 0.15) is 19.4 Å². The summed E-state index contributed by atoms with van der Waals surface area (Å²) in [5.74, 6) is -0.0542. The van der Waals surface area contributed by atoms with Crippen LogP contribution in [-0.4, -0.2) is 34.7 Å². The van der Waals surface area contributed by atoms with E-state index in [1.54, 1.807) is 17.2 Å². The fraction of sp³-hybridized carbons (Fsp3) is 0.412. The zero-order chi connectivity index (χ0) is 15.9. The highest BCUT2D eigenvalue weighted by Gasteiger charge is 2.36. The third-order valence-electron chi connectivity index (χ3n) is 4.28. The molecule has 1 saturated heterocycles. The second kappa shape index (κ2) is 5.55. The maximum Gasteiger partial charge on any atom is 0.227 e. The number of Topliss-reactive ketones (excluding diaryl/α,β-unsaturated/α-hetero) is 1. The molecule has 1 amide bonds. The molecule has 1 N–H and O–H groups in total. The molecule has 0 atom stereocenters. The molecule has 116 valence electrons. The van der Waals surface area contributed by atoms with Gasteiger partial charge in [-0.15, -0.1) is 0 Å². The number of aromatic nitrogens is 1. The summed E-state index contributed by atoms with van der Waals surface area (Å²) in [5, 5.41) is 0.866. The molecule has 2 heterocycles. The number of halogens is 1. The number of fused-ring (bicyclic) bond motifs is 1. The molecule has 0 bridgehead atoms. The highest BCUT2D eigenvalue weighted by Crippen LogP contribution is 2.24. The van der Waals surface area contributed by atoms with Crippen molar-refractivity contribution in [3.63, 3.8) is 0 Å². The first kappa shape index (κ1) is 14.8. The molecule has 4 nitrogen and oxygen atoms in total. The van der Waals surface area contributed by atoms with E-state index in [4.69, 9.17) is 0 Å². The van der Waals surface area contributed by atoms with Crippen molar-refractivity contribution in [2.75, 3.05) is 13.1 Å². The monoisotopic (exact) mass is 302 g/mol. The van der Waals surface area contributed by atoms with E-state index in [-0.39, 0.29) is 35.8 Å². The smallest absolute Gasteiger partial charge is 0.227 e. The fourth-order valence-electron chi connectivity index (χ4n) is 2.91. The van der Waals surface area contributed by atoms with Gasteiger partial charge in [-0.1, -0.05) is 13.8 Å². The first-order valence-corrected chi connectivity index (χ1v) is 7.52. The van der Waals surface area contributed by atoms with Crippen LogP contribution in [0, 0.1) is 17.7 Å². The molecule has 1 aromatic carbocycles. The SMILES string of the molecule is CC(C)C(=O)C1CN(C(=O)Cc2c[nH]c3cc(F)ccc23)C1. The van der Waals surface area contributed by atoms with Gasteiger partial charge >= 0.3 is 0 Å². The summed E-state index contributed by atoms with van der Waals surface area (Å²) in [4.78, 5) is 28.8. The lowest BCUT2D eigenvalue weighted by molar-refractivity contribution is -0.142. The Labute approximate surface area is 128 Å². The predicted octanol–water partition coefficient (Wildman–Crippen LogP) is 2.53. The summed E-state index contributed by atoms with van der Waals surface area (Å²) >= 11 is 0. The Morgan fingerprint density at radius 2 is 2.09 bits per heavy atom. The number of aromatic amines is 1. The second-order valence-corrected chi connectivity index (χ2v) is 6.23. The highest BCUT2D eigenvalue weighted by atomic mass is 19.1. The third-order valence-corrected chi connectivity index (χ3v) is 4.28. The molecule has 0 unspecified atom stereocenters. The number of nitrogens with zero attached hydrogens (tertiary/aromatic N) is 1. The van der Waals surface area contributed by atoms with Crippen molar-refractivity contribution in [1.29, 1.82) is 0 Å². The molecular weight excluding hydrogens is 283 g/mol. The zero-order valence-electron chi connectivity index (χ0n) is 12.7. The predicted molar refractivity (Wildman–Crippen MR) is 81.9 cm³/mol. The number of nitrogens with one attached hydrogen (secondary N) is 1. The molecule has 0 saturated carbocycles. The number of hydrogen-bond donors (Lipinski definition) is 1. The van der Waals surface area contributed by atoms with E-state index in [0.29, 0.717) is 18.6 Å². The van der Waals surface area contributed by atoms with Crippen LogP contribution in [0.5, 0.6) is 0 Å². The van der Waals surface area contributed by atoms with Crippen molar-refractivity contribution in [3.8, 4) is 0 Å². The van der Waals surface area contributed by atoms with Crippen LogP contribution in [0.3, 0.4) is 0 Å². The largest absolute Gasteiger partial charge is 0.361 e. The molecule has 1 aromatic heterocycles. The molecule has 0 spiro atoms. The van der Waals surface area contributed by atoms with Gasteiger partial charge in [-0.05, 0) is 23.8 Å². The molecule has 1 aliphatic heterocycles. The minimum atomic E-state index is -0.301. The Hall–Kier alpha value is -2.17. The molecule has 1 aliphatic rings. The number of hydrogen-bond acceptors (Lipinski definition) is 2. The zero-order valence-corrected chi connectivity index (χ0v) is 12.7. The number of amides is 1. The Morgan fingerprint density at radius 3 is 2.77 bits per heavy atom. The van der Waals surface area contributed by atoms with Gasteiger partial charge in [0.2, 0.25) is 5.91 Å². The van der Waals surface area contributed by atoms with Gasteiger partial charge in [0.15, 0.2) is 0 Å². The van der Waals surface area contributed by atoms with Gasteiger partial charge < -0.3 is 9.88 Å². The Morgan fingerprint density at radius 1 is 1.36 bits per heavy atom. The Bertz CT molecular complexity index is 729. The average molecular weight is 302 g/mol. The number of benzene rings is 1. The molecule has 22 heavy (non-hydrogen) atoms. The molecule has 0 radical (unpaired) electrons. The van der Waals surface area contributed by atoms with Crippen molar-refractivity contribution >= 4 is 22.6 Å². The average Bonchev–Trinajstić information content (AvgIpc) is 2.79. The number of likely N-dealkylation sites (tertiary alicyclic amines) is 1. The summed E-state index contributed by atoms with van der Waals surface area (Å²) in [5.41, 5.74) is 1.55. The topological polar surface area (TPSA) is 53.2 Å². The first-order chi connectivity index (χ1) is 10.5. The van der Waals surface area contributed by atoms with Crippen LogP contribution < -0.4 is 0 Å². The number of carbonyl (C=O) groups is 2. The van der Waals surface area contributed by atoms with Gasteiger partial charge in [0.1, 0.15) is 11.6 Å². The first-order valence-electron chi connectivity index (χ1n) is 7.52. The van der Waals surface area contributed by atoms with E-state index in [2.05, 4.69) is 4.98 Å². The summed E-state index contributed by atoms with van der Waals surface area (Å²) in [6.07, 6.45) is 2.02. The van der Waals surface area contributed by atoms with E-state index >= 15 is 0 Å². The van der Waals surface area contributed by atoms with Gasteiger partial charge in [0, 0.05) is 36.1 Å². The summed E-state index contributed by atoms with van der Waals surface area (Å²) in [6.45, 7) is 4.81. The molecule has 5 heteroatoms. The Balaban J connectivity index is 1.64. The van der Waals surface area contributed by atoms with Crippen molar-refractivity contribution in [2.24, 2.45) is 11.8 Å². The molecule has 2 aromatic rings. The maximum atomic E-state index is 13.2. The minimum Gasteiger partial charge on any atom is -0.361 e. The van der Waals surface area contributed by atoms with Gasteiger partial charge in [-0.25, -0.2) is 4.39 Å². The van der Waals surface area contributed by atoms with Crippen molar-refractivity contribution in [1.82, 2.24) is 9.88 Å². The molecule has 3 rings (SSSR count). The van der Waals surface area contributed by atoms with Crippen molar-refractivity contribution < 1.29 is 14.0 Å². The second-order valence-electron chi connectivity index (χ2n) is 6.23. The lowest BCUT2D eigenvalue weighted by atomic mass is 9.88. The van der Waals surface area contributed by atoms with E-state index in [1.807, 2.05) is 13.8 Å². The van der Waals surface area contributed by atoms with Crippen LogP contribution in [0.15, 0.2) is 24.4 Å². The number of ketones is 1. The lowest BCUT2D eigenvalue weighted by Gasteiger charge is -2.39. The molecule has 1 fully saturated rings. The van der Waals surface area contributed by atoms with Gasteiger partial charge in [-0.3, -0.25) is 9.59 Å². The van der Waals surface area contributed by atoms with Crippen LogP contribution in [0.2, 0.25) is 0 Å². The van der Waals surface area contributed by atoms with E-state index in [9.17, 15) is 14.0 Å². The minimum absolute atomic E-state index is 0.0121. The fourth-order valence-corrected chi connectivity index (χ4v) is 2.91. The molecular formula is C17H19FN2O2. The van der Waals surface area contributed by atoms with Crippen LogP contribution >= 0.6 is 0 Å². The van der Waals surface area contributed by atoms with Crippen molar-refractivity contribution in [3.05, 3.63) is 35.8 Å². The van der Waals surface area contributed by atoms with E-state index in [1.165, 1.54) is 12.1 Å². The summed E-state index contributed by atoms with van der Waals surface area (Å²) in [6, 6.07) is 4.50. The third kappa shape index (κ3) is 2.63. The molecule has 0 aliphatic carbocycles. The van der Waals surface area contributed by atoms with Crippen LogP contribution in [0.25, 0.3) is 10.9 Å². The normalized spacial score (nSPS) is 15.4.